The molecule has 0 fully saturated rings. The number of carbonyl (C=O) groups is 3. The third-order valence-corrected chi connectivity index (χ3v) is 4.79. The van der Waals surface area contributed by atoms with Gasteiger partial charge < -0.3 is 15.3 Å². The number of hydrogen-bond acceptors (Lipinski definition) is 6. The molecule has 0 bridgehead atoms. The predicted molar refractivity (Wildman–Crippen MR) is 103 cm³/mol. The lowest BCUT2D eigenvalue weighted by atomic mass is 9.80. The van der Waals surface area contributed by atoms with Crippen molar-refractivity contribution in [1.82, 2.24) is 0 Å². The summed E-state index contributed by atoms with van der Waals surface area (Å²) in [6.07, 6.45) is -5.38. The van der Waals surface area contributed by atoms with Crippen molar-refractivity contribution in [3.05, 3.63) is 70.8 Å². The fraction of sp³-hybridized carbons (Fsp3) is 0.286. The Morgan fingerprint density at radius 2 is 1.39 bits per heavy atom. The quantitative estimate of drug-likeness (QED) is 0.458. The lowest BCUT2D eigenvalue weighted by molar-refractivity contribution is -0.125. The second-order valence-corrected chi connectivity index (χ2v) is 7.09. The van der Waals surface area contributed by atoms with Crippen LogP contribution < -0.4 is 0 Å². The van der Waals surface area contributed by atoms with Crippen molar-refractivity contribution in [2.45, 2.75) is 38.1 Å². The van der Waals surface area contributed by atoms with E-state index in [1.165, 1.54) is 12.1 Å². The Kier molecular flexibility index (Phi) is 6.85. The molecular formula is C21H21ClO6. The zero-order valence-electron chi connectivity index (χ0n) is 15.4. The second kappa shape index (κ2) is 8.75. The Morgan fingerprint density at radius 3 is 1.86 bits per heavy atom. The molecule has 3 N–H and O–H groups in total. The minimum atomic E-state index is -2.78. The van der Waals surface area contributed by atoms with Gasteiger partial charge in [0.2, 0.25) is 5.24 Å². The molecule has 1 unspecified atom stereocenters. The van der Waals surface area contributed by atoms with Gasteiger partial charge in [0, 0.05) is 11.1 Å². The molecule has 2 aromatic carbocycles. The highest BCUT2D eigenvalue weighted by atomic mass is 35.5. The summed E-state index contributed by atoms with van der Waals surface area (Å²) in [6.45, 7) is 3.25. The van der Waals surface area contributed by atoms with Gasteiger partial charge in [0.1, 0.15) is 12.2 Å². The van der Waals surface area contributed by atoms with E-state index in [0.717, 1.165) is 0 Å². The van der Waals surface area contributed by atoms with Gasteiger partial charge in [-0.3, -0.25) is 14.4 Å². The zero-order valence-corrected chi connectivity index (χ0v) is 16.2. The molecule has 0 aromatic heterocycles. The second-order valence-electron chi connectivity index (χ2n) is 6.67. The smallest absolute Gasteiger partial charge is 0.225 e. The summed E-state index contributed by atoms with van der Waals surface area (Å²) < 4.78 is 0. The lowest BCUT2D eigenvalue weighted by Crippen LogP contribution is -2.57. The molecule has 0 aliphatic rings. The van der Waals surface area contributed by atoms with E-state index in [0.29, 0.717) is 11.1 Å². The monoisotopic (exact) mass is 404 g/mol. The van der Waals surface area contributed by atoms with Crippen LogP contribution >= 0.6 is 11.6 Å². The molecule has 0 heterocycles. The summed E-state index contributed by atoms with van der Waals surface area (Å²) in [5.41, 5.74) is -1.59. The van der Waals surface area contributed by atoms with Gasteiger partial charge >= 0.3 is 0 Å². The molecule has 7 heteroatoms. The van der Waals surface area contributed by atoms with E-state index in [2.05, 4.69) is 0 Å². The lowest BCUT2D eigenvalue weighted by Gasteiger charge is -2.33. The van der Waals surface area contributed by atoms with Crippen LogP contribution in [0.3, 0.4) is 0 Å². The maximum atomic E-state index is 13.0. The van der Waals surface area contributed by atoms with Crippen LogP contribution in [0, 0.1) is 13.8 Å². The van der Waals surface area contributed by atoms with Gasteiger partial charge in [-0.2, -0.15) is 0 Å². The summed E-state index contributed by atoms with van der Waals surface area (Å²) in [7, 11) is 0. The molecule has 3 atom stereocenters. The van der Waals surface area contributed by atoms with Crippen LogP contribution in [0.15, 0.2) is 48.5 Å². The molecule has 2 aromatic rings. The van der Waals surface area contributed by atoms with Crippen molar-refractivity contribution >= 4 is 28.4 Å². The summed E-state index contributed by atoms with van der Waals surface area (Å²) in [4.78, 5) is 37.0. The number of rotatable bonds is 8. The number of Topliss-reactive ketones (excluding diaryl/α,β-unsaturated/α-hetero) is 2. The largest absolute Gasteiger partial charge is 0.386 e. The van der Waals surface area contributed by atoms with Gasteiger partial charge in [-0.15, -0.1) is 0 Å². The first-order valence-corrected chi connectivity index (χ1v) is 8.94. The SMILES string of the molecule is Cc1ccccc1C(=O)C(O)[C@@H](O)[C@@](O)(CC(=O)Cl)C(=O)c1ccccc1C. The fourth-order valence-electron chi connectivity index (χ4n) is 3.01. The number of ketones is 2. The Balaban J connectivity index is 2.45. The molecule has 6 nitrogen and oxygen atoms in total. The van der Waals surface area contributed by atoms with Crippen LogP contribution in [0.4, 0.5) is 0 Å². The van der Waals surface area contributed by atoms with Gasteiger partial charge in [-0.1, -0.05) is 48.5 Å². The predicted octanol–water partition coefficient (Wildman–Crippen LogP) is 1.98. The van der Waals surface area contributed by atoms with Crippen LogP contribution in [0.2, 0.25) is 0 Å². The first-order valence-electron chi connectivity index (χ1n) is 8.56. The number of carbonyl (C=O) groups excluding carboxylic acids is 3. The van der Waals surface area contributed by atoms with Crippen molar-refractivity contribution in [1.29, 1.82) is 0 Å². The van der Waals surface area contributed by atoms with E-state index < -0.39 is 41.0 Å². The number of aliphatic hydroxyl groups excluding tert-OH is 2. The molecule has 2 rings (SSSR count). The van der Waals surface area contributed by atoms with E-state index in [-0.39, 0.29) is 11.1 Å². The van der Waals surface area contributed by atoms with Gasteiger partial charge in [-0.05, 0) is 36.6 Å². The van der Waals surface area contributed by atoms with Crippen LogP contribution in [-0.2, 0) is 4.79 Å². The van der Waals surface area contributed by atoms with Crippen molar-refractivity contribution in [2.24, 2.45) is 0 Å². The minimum Gasteiger partial charge on any atom is -0.386 e. The first-order chi connectivity index (χ1) is 13.1. The molecule has 0 saturated heterocycles. The number of hydrogen-bond donors (Lipinski definition) is 3. The number of aryl methyl sites for hydroxylation is 2. The summed E-state index contributed by atoms with van der Waals surface area (Å²) in [6, 6.07) is 12.6. The molecule has 28 heavy (non-hydrogen) atoms. The molecular weight excluding hydrogens is 384 g/mol. The first kappa shape index (κ1) is 21.9. The van der Waals surface area contributed by atoms with Gasteiger partial charge in [0.05, 0.1) is 6.42 Å². The zero-order chi connectivity index (χ0) is 21.1. The van der Waals surface area contributed by atoms with E-state index in [1.54, 1.807) is 50.2 Å². The third-order valence-electron chi connectivity index (χ3n) is 4.66. The maximum absolute atomic E-state index is 13.0. The summed E-state index contributed by atoms with van der Waals surface area (Å²) in [5.74, 6) is -1.90. The molecule has 0 radical (unpaired) electrons. The standard InChI is InChI=1S/C21H21ClO6/c1-12-7-3-5-9-14(12)17(24)18(25)20(27)21(28,11-16(22)23)19(26)15-10-6-4-8-13(15)2/h3-10,18,20,25,27-28H,11H2,1-2H3/t18?,20-,21-/m1/s1. The Hall–Kier alpha value is -2.38. The highest BCUT2D eigenvalue weighted by molar-refractivity contribution is 6.63. The molecule has 0 saturated carbocycles. The Bertz CT molecular complexity index is 909. The number of halogens is 1. The number of benzene rings is 2. The summed E-state index contributed by atoms with van der Waals surface area (Å²) in [5, 5.41) is 30.8. The van der Waals surface area contributed by atoms with Crippen molar-refractivity contribution in [2.75, 3.05) is 0 Å². The molecule has 0 aliphatic carbocycles. The average Bonchev–Trinajstić information content (AvgIpc) is 2.65. The summed E-state index contributed by atoms with van der Waals surface area (Å²) >= 11 is 5.38. The van der Waals surface area contributed by atoms with Gasteiger partial charge in [0.25, 0.3) is 0 Å². The van der Waals surface area contributed by atoms with Gasteiger partial charge in [0.15, 0.2) is 17.2 Å². The van der Waals surface area contributed by atoms with Crippen molar-refractivity contribution in [3.8, 4) is 0 Å². The number of aliphatic hydroxyl groups is 3. The highest BCUT2D eigenvalue weighted by Gasteiger charge is 2.50. The van der Waals surface area contributed by atoms with Crippen LogP contribution in [0.25, 0.3) is 0 Å². The van der Waals surface area contributed by atoms with Crippen molar-refractivity contribution in [3.63, 3.8) is 0 Å². The Labute approximate surface area is 167 Å². The van der Waals surface area contributed by atoms with Crippen LogP contribution in [-0.4, -0.2) is 49.9 Å². The molecule has 0 spiro atoms. The van der Waals surface area contributed by atoms with Crippen LogP contribution in [0.5, 0.6) is 0 Å². The van der Waals surface area contributed by atoms with E-state index >= 15 is 0 Å². The maximum Gasteiger partial charge on any atom is 0.225 e. The van der Waals surface area contributed by atoms with Gasteiger partial charge in [-0.25, -0.2) is 0 Å². The molecule has 0 amide bonds. The van der Waals surface area contributed by atoms with E-state index in [9.17, 15) is 29.7 Å². The Morgan fingerprint density at radius 1 is 0.929 bits per heavy atom. The third kappa shape index (κ3) is 4.36. The topological polar surface area (TPSA) is 112 Å². The van der Waals surface area contributed by atoms with E-state index in [4.69, 9.17) is 11.6 Å². The van der Waals surface area contributed by atoms with Crippen LogP contribution in [0.1, 0.15) is 38.3 Å². The minimum absolute atomic E-state index is 0.0394. The molecule has 148 valence electrons. The van der Waals surface area contributed by atoms with E-state index in [1.807, 2.05) is 0 Å². The fourth-order valence-corrected chi connectivity index (χ4v) is 3.21. The average molecular weight is 405 g/mol. The van der Waals surface area contributed by atoms with Crippen molar-refractivity contribution < 1.29 is 29.7 Å². The normalized spacial score (nSPS) is 15.4. The molecule has 0 aliphatic heterocycles. The highest BCUT2D eigenvalue weighted by Crippen LogP contribution is 2.28.